The zero-order valence-electron chi connectivity index (χ0n) is 14.2. The van der Waals surface area contributed by atoms with Gasteiger partial charge >= 0.3 is 5.97 Å². The maximum atomic E-state index is 12.6. The second-order valence-corrected chi connectivity index (χ2v) is 5.71. The molecule has 2 heterocycles. The summed E-state index contributed by atoms with van der Waals surface area (Å²) < 4.78 is 10.2. The first-order valence-electron chi connectivity index (χ1n) is 8.05. The molecule has 1 atom stereocenters. The zero-order valence-corrected chi connectivity index (χ0v) is 14.2. The van der Waals surface area contributed by atoms with Crippen molar-refractivity contribution in [2.75, 3.05) is 5.32 Å². The number of carbonyl (C=O) groups excluding carboxylic acids is 2. The van der Waals surface area contributed by atoms with Crippen molar-refractivity contribution in [2.45, 2.75) is 26.4 Å². The van der Waals surface area contributed by atoms with Gasteiger partial charge in [0.1, 0.15) is 5.76 Å². The van der Waals surface area contributed by atoms with Crippen LogP contribution >= 0.6 is 0 Å². The second kappa shape index (κ2) is 7.22. The second-order valence-electron chi connectivity index (χ2n) is 5.71. The normalized spacial score (nSPS) is 11.9. The first-order chi connectivity index (χ1) is 12.5. The van der Waals surface area contributed by atoms with Gasteiger partial charge in [-0.1, -0.05) is 30.3 Å². The van der Waals surface area contributed by atoms with Crippen LogP contribution in [0.15, 0.2) is 45.7 Å². The lowest BCUT2D eigenvalue weighted by Gasteiger charge is -2.15. The maximum absolute atomic E-state index is 12.6. The van der Waals surface area contributed by atoms with Crippen molar-refractivity contribution in [3.8, 4) is 0 Å². The summed E-state index contributed by atoms with van der Waals surface area (Å²) in [7, 11) is 0. The summed E-state index contributed by atoms with van der Waals surface area (Å²) in [5, 5.41) is 6.74. The molecule has 0 radical (unpaired) electrons. The molecule has 8 nitrogen and oxygen atoms in total. The third-order valence-electron chi connectivity index (χ3n) is 3.76. The standard InChI is InChI=1S/C18H17N3O5/c1-3-14(17(23)20-15-8-10(2)26-21-15)25-18(24)12-9-16(22)19-13-7-5-4-6-11(12)13/h4-9,14H,3H2,1-2H3,(H,19,22)(H,20,21,23)/t14-/m0/s1. The van der Waals surface area contributed by atoms with Crippen LogP contribution < -0.4 is 10.9 Å². The number of esters is 1. The lowest BCUT2D eigenvalue weighted by Crippen LogP contribution is -2.32. The largest absolute Gasteiger partial charge is 0.449 e. The first-order valence-corrected chi connectivity index (χ1v) is 8.05. The molecule has 3 aromatic rings. The van der Waals surface area contributed by atoms with Crippen molar-refractivity contribution >= 4 is 28.6 Å². The molecular weight excluding hydrogens is 338 g/mol. The van der Waals surface area contributed by atoms with Crippen LogP contribution in [0.4, 0.5) is 5.82 Å². The number of H-pyrrole nitrogens is 1. The van der Waals surface area contributed by atoms with Crippen LogP contribution in [0, 0.1) is 6.92 Å². The van der Waals surface area contributed by atoms with Crippen LogP contribution in [0.3, 0.4) is 0 Å². The summed E-state index contributed by atoms with van der Waals surface area (Å²) in [5.41, 5.74) is 0.196. The van der Waals surface area contributed by atoms with Gasteiger partial charge in [0.15, 0.2) is 11.9 Å². The predicted octanol–water partition coefficient (Wildman–Crippen LogP) is 2.40. The zero-order chi connectivity index (χ0) is 18.7. The Kier molecular flexibility index (Phi) is 4.83. The highest BCUT2D eigenvalue weighted by Crippen LogP contribution is 2.17. The van der Waals surface area contributed by atoms with Gasteiger partial charge in [-0.25, -0.2) is 4.79 Å². The topological polar surface area (TPSA) is 114 Å². The van der Waals surface area contributed by atoms with E-state index >= 15 is 0 Å². The summed E-state index contributed by atoms with van der Waals surface area (Å²) in [6, 6.07) is 9.59. The number of carbonyl (C=O) groups is 2. The Hall–Kier alpha value is -3.42. The minimum Gasteiger partial charge on any atom is -0.449 e. The van der Waals surface area contributed by atoms with Gasteiger partial charge in [-0.3, -0.25) is 9.59 Å². The minimum atomic E-state index is -1.03. The lowest BCUT2D eigenvalue weighted by atomic mass is 10.1. The number of aryl methyl sites for hydroxylation is 1. The predicted molar refractivity (Wildman–Crippen MR) is 93.9 cm³/mol. The molecule has 3 rings (SSSR count). The van der Waals surface area contributed by atoms with Crippen LogP contribution in [0.1, 0.15) is 29.5 Å². The number of aromatic amines is 1. The van der Waals surface area contributed by atoms with E-state index in [-0.39, 0.29) is 17.8 Å². The van der Waals surface area contributed by atoms with Gasteiger partial charge in [-0.2, -0.15) is 0 Å². The Bertz CT molecular complexity index is 1020. The number of para-hydroxylation sites is 1. The van der Waals surface area contributed by atoms with Crippen LogP contribution in [0.5, 0.6) is 0 Å². The number of nitrogens with zero attached hydrogens (tertiary/aromatic N) is 1. The van der Waals surface area contributed by atoms with Crippen molar-refractivity contribution in [1.29, 1.82) is 0 Å². The van der Waals surface area contributed by atoms with Crippen LogP contribution in [0.25, 0.3) is 10.9 Å². The van der Waals surface area contributed by atoms with E-state index in [0.717, 1.165) is 6.07 Å². The Morgan fingerprint density at radius 1 is 1.31 bits per heavy atom. The number of hydrogen-bond acceptors (Lipinski definition) is 6. The molecule has 0 fully saturated rings. The fourth-order valence-electron chi connectivity index (χ4n) is 2.52. The van der Waals surface area contributed by atoms with E-state index in [1.54, 1.807) is 44.2 Å². The molecular formula is C18H17N3O5. The van der Waals surface area contributed by atoms with Crippen LogP contribution in [-0.2, 0) is 9.53 Å². The third-order valence-corrected chi connectivity index (χ3v) is 3.76. The van der Waals surface area contributed by atoms with Gasteiger partial charge in [-0.15, -0.1) is 0 Å². The molecule has 8 heteroatoms. The van der Waals surface area contributed by atoms with E-state index in [9.17, 15) is 14.4 Å². The lowest BCUT2D eigenvalue weighted by molar-refractivity contribution is -0.124. The summed E-state index contributed by atoms with van der Waals surface area (Å²) in [6.45, 7) is 3.40. The molecule has 0 aliphatic heterocycles. The van der Waals surface area contributed by atoms with Gasteiger partial charge in [0.25, 0.3) is 5.91 Å². The van der Waals surface area contributed by atoms with Gasteiger partial charge in [0, 0.05) is 23.0 Å². The van der Waals surface area contributed by atoms with Gasteiger partial charge in [-0.05, 0) is 19.4 Å². The molecule has 0 bridgehead atoms. The molecule has 0 unspecified atom stereocenters. The number of hydrogen-bond donors (Lipinski definition) is 2. The Morgan fingerprint density at radius 2 is 2.08 bits per heavy atom. The minimum absolute atomic E-state index is 0.105. The van der Waals surface area contributed by atoms with Crippen molar-refractivity contribution < 1.29 is 18.8 Å². The molecule has 1 amide bonds. The number of amides is 1. The number of aromatic nitrogens is 2. The molecule has 0 saturated heterocycles. The van der Waals surface area contributed by atoms with E-state index in [4.69, 9.17) is 9.26 Å². The van der Waals surface area contributed by atoms with Gasteiger partial charge < -0.3 is 19.6 Å². The summed E-state index contributed by atoms with van der Waals surface area (Å²) in [5.74, 6) is -0.488. The molecule has 2 aromatic heterocycles. The van der Waals surface area contributed by atoms with E-state index in [2.05, 4.69) is 15.5 Å². The van der Waals surface area contributed by atoms with E-state index < -0.39 is 23.5 Å². The first kappa shape index (κ1) is 17.4. The highest BCUT2D eigenvalue weighted by molar-refractivity contribution is 6.04. The van der Waals surface area contributed by atoms with Crippen LogP contribution in [0.2, 0.25) is 0 Å². The molecule has 1 aromatic carbocycles. The quantitative estimate of drug-likeness (QED) is 0.679. The summed E-state index contributed by atoms with van der Waals surface area (Å²) in [4.78, 5) is 39.3. The van der Waals surface area contributed by atoms with Crippen molar-refractivity contribution in [3.63, 3.8) is 0 Å². The van der Waals surface area contributed by atoms with E-state index in [1.165, 1.54) is 0 Å². The highest BCUT2D eigenvalue weighted by atomic mass is 16.5. The number of benzene rings is 1. The van der Waals surface area contributed by atoms with Crippen molar-refractivity contribution in [2.24, 2.45) is 0 Å². The molecule has 0 aliphatic rings. The third kappa shape index (κ3) is 3.64. The number of ether oxygens (including phenoxy) is 1. The number of rotatable bonds is 5. The molecule has 2 N–H and O–H groups in total. The monoisotopic (exact) mass is 355 g/mol. The Labute approximate surface area is 148 Å². The fourth-order valence-corrected chi connectivity index (χ4v) is 2.52. The average molecular weight is 355 g/mol. The summed E-state index contributed by atoms with van der Waals surface area (Å²) >= 11 is 0. The fraction of sp³-hybridized carbons (Fsp3) is 0.222. The van der Waals surface area contributed by atoms with Crippen LogP contribution in [-0.4, -0.2) is 28.1 Å². The molecule has 26 heavy (non-hydrogen) atoms. The summed E-state index contributed by atoms with van der Waals surface area (Å²) in [6.07, 6.45) is -0.771. The van der Waals surface area contributed by atoms with Crippen molar-refractivity contribution in [3.05, 3.63) is 58.1 Å². The maximum Gasteiger partial charge on any atom is 0.339 e. The number of anilines is 1. The molecule has 0 saturated carbocycles. The smallest absolute Gasteiger partial charge is 0.339 e. The SMILES string of the molecule is CC[C@H](OC(=O)c1cc(=O)[nH]c2ccccc12)C(=O)Nc1cc(C)on1. The number of nitrogens with one attached hydrogen (secondary N) is 2. The Morgan fingerprint density at radius 3 is 2.77 bits per heavy atom. The Balaban J connectivity index is 1.81. The highest BCUT2D eigenvalue weighted by Gasteiger charge is 2.24. The van der Waals surface area contributed by atoms with Crippen molar-refractivity contribution in [1.82, 2.24) is 10.1 Å². The molecule has 134 valence electrons. The number of fused-ring (bicyclic) bond motifs is 1. The van der Waals surface area contributed by atoms with Gasteiger partial charge in [0.2, 0.25) is 5.56 Å². The molecule has 0 aliphatic carbocycles. The van der Waals surface area contributed by atoms with E-state index in [0.29, 0.717) is 16.7 Å². The number of pyridine rings is 1. The average Bonchev–Trinajstić information content (AvgIpc) is 3.03. The van der Waals surface area contributed by atoms with E-state index in [1.807, 2.05) is 0 Å². The van der Waals surface area contributed by atoms with Gasteiger partial charge in [0.05, 0.1) is 5.56 Å². The molecule has 0 spiro atoms.